The average molecular weight is 482 g/mol. The molecule has 1 unspecified atom stereocenters. The Kier molecular flexibility index (Phi) is 7.59. The molecule has 0 saturated heterocycles. The Bertz CT molecular complexity index is 1260. The standard InChI is InChI=1S/C24H21F3N6O2/c1-2-14(12-13-18(28)24(25,26)27)20(29)35-23(30)33-21-22(34)31-17-11-7-6-10-16(17)19(32-21)15-8-4-3-5-9-15/h2-13,21,28-29H,1H3,(H2,30,33)(H,31,34)/b13-12-,14-2-,28-18?,29-20?. The summed E-state index contributed by atoms with van der Waals surface area (Å²) in [5, 5.41) is 17.7. The van der Waals surface area contributed by atoms with E-state index in [4.69, 9.17) is 21.3 Å². The van der Waals surface area contributed by atoms with Gasteiger partial charge in [0.15, 0.2) is 0 Å². The van der Waals surface area contributed by atoms with Crippen LogP contribution in [0.1, 0.15) is 18.1 Å². The first-order chi connectivity index (χ1) is 16.6. The van der Waals surface area contributed by atoms with Gasteiger partial charge in [0.2, 0.25) is 12.1 Å². The summed E-state index contributed by atoms with van der Waals surface area (Å²) < 4.78 is 42.7. The van der Waals surface area contributed by atoms with Crippen LogP contribution in [0, 0.1) is 10.8 Å². The smallest absolute Gasteiger partial charge is 0.407 e. The second kappa shape index (κ2) is 10.6. The third-order valence-electron chi connectivity index (χ3n) is 4.74. The fourth-order valence-corrected chi connectivity index (χ4v) is 3.04. The number of fused-ring (bicyclic) bond motifs is 1. The van der Waals surface area contributed by atoms with Gasteiger partial charge in [-0.05, 0) is 25.1 Å². The first-order valence-corrected chi connectivity index (χ1v) is 10.2. The number of alkyl halides is 3. The number of rotatable bonds is 5. The lowest BCUT2D eigenvalue weighted by Gasteiger charge is -2.10. The SMILES string of the molecule is C/C=C(/C=C\C(=N)C(F)(F)F)C(=N)OC(N)=NC1N=C(c2ccccc2)c2ccccc2NC1=O. The largest absolute Gasteiger partial charge is 0.432 e. The van der Waals surface area contributed by atoms with Gasteiger partial charge in [0.1, 0.15) is 5.71 Å². The van der Waals surface area contributed by atoms with Crippen molar-refractivity contribution in [2.45, 2.75) is 19.3 Å². The van der Waals surface area contributed by atoms with Crippen molar-refractivity contribution >= 4 is 34.9 Å². The molecule has 0 aromatic heterocycles. The van der Waals surface area contributed by atoms with Crippen molar-refractivity contribution in [3.8, 4) is 0 Å². The summed E-state index contributed by atoms with van der Waals surface area (Å²) in [6, 6.07) is 15.6. The molecule has 0 spiro atoms. The minimum absolute atomic E-state index is 0.0802. The Hall–Kier alpha value is -4.54. The summed E-state index contributed by atoms with van der Waals surface area (Å²) >= 11 is 0. The number of nitrogens with two attached hydrogens (primary N) is 1. The van der Waals surface area contributed by atoms with Crippen LogP contribution in [0.15, 0.2) is 88.4 Å². The van der Waals surface area contributed by atoms with Crippen molar-refractivity contribution in [1.82, 2.24) is 0 Å². The molecule has 0 aliphatic carbocycles. The summed E-state index contributed by atoms with van der Waals surface area (Å²) in [6.07, 6.45) is -3.49. The van der Waals surface area contributed by atoms with E-state index < -0.39 is 35.9 Å². The van der Waals surface area contributed by atoms with Gasteiger partial charge in [-0.1, -0.05) is 54.6 Å². The van der Waals surface area contributed by atoms with Gasteiger partial charge < -0.3 is 15.8 Å². The molecule has 2 aromatic carbocycles. The summed E-state index contributed by atoms with van der Waals surface area (Å²) in [4.78, 5) is 21.3. The second-order valence-corrected chi connectivity index (χ2v) is 7.14. The van der Waals surface area contributed by atoms with Gasteiger partial charge in [-0.2, -0.15) is 18.2 Å². The van der Waals surface area contributed by atoms with E-state index in [0.29, 0.717) is 23.0 Å². The maximum atomic E-state index is 12.8. The highest BCUT2D eigenvalue weighted by Gasteiger charge is 2.32. The highest BCUT2D eigenvalue weighted by atomic mass is 19.4. The fraction of sp³-hybridized carbons (Fsp3) is 0.125. The number of carbonyl (C=O) groups excluding carboxylic acids is 1. The molecule has 0 radical (unpaired) electrons. The van der Waals surface area contributed by atoms with Gasteiger partial charge in [-0.25, -0.2) is 4.99 Å². The van der Waals surface area contributed by atoms with Crippen molar-refractivity contribution in [2.24, 2.45) is 15.7 Å². The number of ether oxygens (including phenoxy) is 1. The monoisotopic (exact) mass is 482 g/mol. The summed E-state index contributed by atoms with van der Waals surface area (Å²) in [6.45, 7) is 1.47. The Morgan fingerprint density at radius 2 is 1.77 bits per heavy atom. The number of halogens is 3. The Morgan fingerprint density at radius 3 is 2.43 bits per heavy atom. The lowest BCUT2D eigenvalue weighted by atomic mass is 10.0. The molecule has 8 nitrogen and oxygen atoms in total. The van der Waals surface area contributed by atoms with E-state index in [1.165, 1.54) is 13.0 Å². The molecule has 1 aliphatic heterocycles. The Morgan fingerprint density at radius 1 is 1.11 bits per heavy atom. The molecule has 0 fully saturated rings. The number of carbonyl (C=O) groups is 1. The third kappa shape index (κ3) is 6.28. The first-order valence-electron chi connectivity index (χ1n) is 10.2. The molecule has 35 heavy (non-hydrogen) atoms. The number of nitrogens with zero attached hydrogens (tertiary/aromatic N) is 2. The summed E-state index contributed by atoms with van der Waals surface area (Å²) in [7, 11) is 0. The second-order valence-electron chi connectivity index (χ2n) is 7.14. The quantitative estimate of drug-likeness (QED) is 0.289. The zero-order valence-electron chi connectivity index (χ0n) is 18.4. The molecule has 0 saturated carbocycles. The molecule has 180 valence electrons. The predicted molar refractivity (Wildman–Crippen MR) is 128 cm³/mol. The van der Waals surface area contributed by atoms with Crippen LogP contribution in [-0.2, 0) is 9.53 Å². The molecule has 11 heteroatoms. The number of anilines is 1. The van der Waals surface area contributed by atoms with Crippen molar-refractivity contribution in [3.05, 3.63) is 89.5 Å². The van der Waals surface area contributed by atoms with Crippen molar-refractivity contribution in [2.75, 3.05) is 5.32 Å². The molecular formula is C24H21F3N6O2. The summed E-state index contributed by atoms with van der Waals surface area (Å²) in [5.41, 5.74) is 6.53. The number of aliphatic imine (C=N–C) groups is 2. The zero-order valence-corrected chi connectivity index (χ0v) is 18.4. The Balaban J connectivity index is 1.87. The van der Waals surface area contributed by atoms with Crippen LogP contribution in [0.4, 0.5) is 18.9 Å². The number of allylic oxidation sites excluding steroid dienone is 2. The zero-order chi connectivity index (χ0) is 25.6. The maximum absolute atomic E-state index is 12.8. The number of amidine groups is 1. The number of nitrogens with one attached hydrogen (secondary N) is 3. The normalized spacial score (nSPS) is 16.7. The van der Waals surface area contributed by atoms with Crippen LogP contribution in [-0.4, -0.2) is 41.6 Å². The minimum Gasteiger partial charge on any atom is -0.407 e. The average Bonchev–Trinajstić information content (AvgIpc) is 2.95. The molecule has 1 amide bonds. The topological polar surface area (TPSA) is 137 Å². The molecule has 1 heterocycles. The predicted octanol–water partition coefficient (Wildman–Crippen LogP) is 4.20. The lowest BCUT2D eigenvalue weighted by molar-refractivity contribution is -0.117. The van der Waals surface area contributed by atoms with Crippen LogP contribution >= 0.6 is 0 Å². The summed E-state index contributed by atoms with van der Waals surface area (Å²) in [5.74, 6) is -1.21. The van der Waals surface area contributed by atoms with Crippen LogP contribution in [0.5, 0.6) is 0 Å². The number of benzene rings is 2. The number of amides is 1. The van der Waals surface area contributed by atoms with E-state index in [1.54, 1.807) is 24.3 Å². The van der Waals surface area contributed by atoms with E-state index >= 15 is 0 Å². The molecule has 5 N–H and O–H groups in total. The van der Waals surface area contributed by atoms with Crippen LogP contribution in [0.3, 0.4) is 0 Å². The number of hydrogen-bond acceptors (Lipinski definition) is 6. The number of para-hydroxylation sites is 1. The van der Waals surface area contributed by atoms with E-state index in [2.05, 4.69) is 15.3 Å². The first kappa shape index (κ1) is 25.1. The van der Waals surface area contributed by atoms with E-state index in [-0.39, 0.29) is 5.57 Å². The van der Waals surface area contributed by atoms with Gasteiger partial charge >= 0.3 is 6.18 Å². The lowest BCUT2D eigenvalue weighted by Crippen LogP contribution is -2.29. The number of benzodiazepines with no additional fused rings is 1. The van der Waals surface area contributed by atoms with Gasteiger partial charge in [-0.3, -0.25) is 15.6 Å². The van der Waals surface area contributed by atoms with Crippen molar-refractivity contribution in [1.29, 1.82) is 10.8 Å². The van der Waals surface area contributed by atoms with Gasteiger partial charge in [0.25, 0.3) is 11.9 Å². The number of hydrogen-bond donors (Lipinski definition) is 4. The molecule has 2 aromatic rings. The fourth-order valence-electron chi connectivity index (χ4n) is 3.04. The molecule has 1 aliphatic rings. The minimum atomic E-state index is -4.82. The van der Waals surface area contributed by atoms with Crippen LogP contribution < -0.4 is 11.1 Å². The molecular weight excluding hydrogens is 461 g/mol. The van der Waals surface area contributed by atoms with E-state index in [9.17, 15) is 18.0 Å². The van der Waals surface area contributed by atoms with E-state index in [0.717, 1.165) is 11.6 Å². The van der Waals surface area contributed by atoms with Crippen LogP contribution in [0.2, 0.25) is 0 Å². The highest BCUT2D eigenvalue weighted by Crippen LogP contribution is 2.24. The molecule has 1 atom stereocenters. The van der Waals surface area contributed by atoms with E-state index in [1.807, 2.05) is 30.3 Å². The molecule has 3 rings (SSSR count). The maximum Gasteiger partial charge on any atom is 0.432 e. The third-order valence-corrected chi connectivity index (χ3v) is 4.74. The highest BCUT2D eigenvalue weighted by molar-refractivity contribution is 6.19. The van der Waals surface area contributed by atoms with Crippen LogP contribution in [0.25, 0.3) is 0 Å². The van der Waals surface area contributed by atoms with Gasteiger partial charge in [0, 0.05) is 16.7 Å². The van der Waals surface area contributed by atoms with Crippen molar-refractivity contribution < 1.29 is 22.7 Å². The molecule has 0 bridgehead atoms. The van der Waals surface area contributed by atoms with Crippen molar-refractivity contribution in [3.63, 3.8) is 0 Å². The van der Waals surface area contributed by atoms with Gasteiger partial charge in [-0.15, -0.1) is 0 Å². The Labute approximate surface area is 198 Å². The van der Waals surface area contributed by atoms with Gasteiger partial charge in [0.05, 0.1) is 11.4 Å².